The van der Waals surface area contributed by atoms with Crippen LogP contribution in [0.3, 0.4) is 0 Å². The van der Waals surface area contributed by atoms with Crippen molar-refractivity contribution in [1.29, 1.82) is 0 Å². The van der Waals surface area contributed by atoms with Gasteiger partial charge in [0.2, 0.25) is 0 Å². The maximum absolute atomic E-state index is 10.6. The highest BCUT2D eigenvalue weighted by Gasteiger charge is 1.96. The Hall–Kier alpha value is -1.11. The van der Waals surface area contributed by atoms with Crippen molar-refractivity contribution in [2.75, 3.05) is 11.5 Å². The number of carbonyl (C=O) groups is 1. The van der Waals surface area contributed by atoms with E-state index in [9.17, 15) is 4.79 Å². The van der Waals surface area contributed by atoms with Gasteiger partial charge in [-0.3, -0.25) is 4.79 Å². The van der Waals surface area contributed by atoms with Crippen LogP contribution in [0.1, 0.15) is 12.5 Å². The second-order valence-corrected chi connectivity index (χ2v) is 4.38. The largest absolute Gasteiger partial charge is 0.399 e. The lowest BCUT2D eigenvalue weighted by Crippen LogP contribution is -1.86. The van der Waals surface area contributed by atoms with Crippen LogP contribution in [0.5, 0.6) is 0 Å². The number of hydrogen-bond acceptors (Lipinski definition) is 3. The van der Waals surface area contributed by atoms with Crippen LogP contribution in [0.4, 0.5) is 5.69 Å². The first kappa shape index (κ1) is 12.0. The molecule has 0 aliphatic rings. The Bertz CT molecular complexity index is 434. The van der Waals surface area contributed by atoms with Crippen LogP contribution in [0.2, 0.25) is 5.02 Å². The monoisotopic (exact) mass is 239 g/mol. The molecule has 4 heteroatoms. The van der Waals surface area contributed by atoms with E-state index in [1.165, 1.54) is 18.7 Å². The molecule has 2 nitrogen and oxygen atoms in total. The van der Waals surface area contributed by atoms with Gasteiger partial charge in [-0.15, -0.1) is 0 Å². The molecule has 0 unspecified atom stereocenters. The third kappa shape index (κ3) is 4.28. The molecule has 0 radical (unpaired) electrons. The molecule has 0 bridgehead atoms. The number of nitrogen functional groups attached to an aromatic ring is 1. The Morgan fingerprint density at radius 2 is 2.33 bits per heavy atom. The minimum absolute atomic E-state index is 0.0627. The molecule has 0 aliphatic carbocycles. The van der Waals surface area contributed by atoms with Crippen molar-refractivity contribution >= 4 is 34.2 Å². The molecule has 0 atom stereocenters. The van der Waals surface area contributed by atoms with Crippen molar-refractivity contribution in [1.82, 2.24) is 0 Å². The van der Waals surface area contributed by atoms with Gasteiger partial charge in [0.25, 0.3) is 0 Å². The topological polar surface area (TPSA) is 43.1 Å². The van der Waals surface area contributed by atoms with Crippen molar-refractivity contribution in [3.05, 3.63) is 28.8 Å². The van der Waals surface area contributed by atoms with E-state index in [0.29, 0.717) is 16.5 Å². The number of rotatable bonds is 1. The maximum Gasteiger partial charge on any atom is 0.186 e. The molecule has 0 aliphatic heterocycles. The lowest BCUT2D eigenvalue weighted by atomic mass is 10.2. The average molecular weight is 240 g/mol. The maximum atomic E-state index is 10.6. The lowest BCUT2D eigenvalue weighted by Gasteiger charge is -1.96. The highest BCUT2D eigenvalue weighted by Crippen LogP contribution is 2.17. The zero-order valence-electron chi connectivity index (χ0n) is 8.21. The van der Waals surface area contributed by atoms with Gasteiger partial charge in [-0.25, -0.2) is 0 Å². The number of anilines is 1. The fourth-order valence-electron chi connectivity index (χ4n) is 0.902. The molecule has 0 saturated carbocycles. The van der Waals surface area contributed by atoms with Crippen LogP contribution in [0, 0.1) is 11.8 Å². The summed E-state index contributed by atoms with van der Waals surface area (Å²) in [5.41, 5.74) is 6.89. The minimum Gasteiger partial charge on any atom is -0.399 e. The van der Waals surface area contributed by atoms with Crippen LogP contribution in [0.25, 0.3) is 0 Å². The fraction of sp³-hybridized carbons (Fsp3) is 0.182. The van der Waals surface area contributed by atoms with Gasteiger partial charge in [-0.05, 0) is 18.2 Å². The minimum atomic E-state index is 0.0627. The van der Waals surface area contributed by atoms with Gasteiger partial charge in [-0.2, -0.15) is 0 Å². The Morgan fingerprint density at radius 1 is 1.60 bits per heavy atom. The molecule has 0 spiro atoms. The van der Waals surface area contributed by atoms with E-state index in [2.05, 4.69) is 11.8 Å². The summed E-state index contributed by atoms with van der Waals surface area (Å²) in [5, 5.41) is 0.600. The molecule has 2 N–H and O–H groups in total. The number of thioether (sulfide) groups is 1. The third-order valence-electron chi connectivity index (χ3n) is 1.56. The number of hydrogen-bond donors (Lipinski definition) is 1. The Balaban J connectivity index is 2.67. The average Bonchev–Trinajstić information content (AvgIpc) is 2.14. The molecule has 0 heterocycles. The summed E-state index contributed by atoms with van der Waals surface area (Å²) in [4.78, 5) is 10.6. The van der Waals surface area contributed by atoms with E-state index in [1.807, 2.05) is 0 Å². The number of benzene rings is 1. The van der Waals surface area contributed by atoms with Crippen molar-refractivity contribution in [3.8, 4) is 11.8 Å². The van der Waals surface area contributed by atoms with Crippen LogP contribution >= 0.6 is 23.4 Å². The second-order valence-electron chi connectivity index (χ2n) is 2.82. The number of halogens is 1. The van der Waals surface area contributed by atoms with Gasteiger partial charge >= 0.3 is 0 Å². The number of nitrogens with two attached hydrogens (primary N) is 1. The SMILES string of the molecule is CC(=O)SCC#Cc1ccc(N)cc1Cl. The van der Waals surface area contributed by atoms with E-state index in [4.69, 9.17) is 17.3 Å². The van der Waals surface area contributed by atoms with Gasteiger partial charge in [0.05, 0.1) is 10.8 Å². The summed E-state index contributed by atoms with van der Waals surface area (Å²) < 4.78 is 0. The Morgan fingerprint density at radius 3 is 2.93 bits per heavy atom. The first-order chi connectivity index (χ1) is 7.09. The van der Waals surface area contributed by atoms with Crippen molar-refractivity contribution in [3.63, 3.8) is 0 Å². The third-order valence-corrected chi connectivity index (χ3v) is 2.57. The van der Waals surface area contributed by atoms with Crippen LogP contribution in [-0.4, -0.2) is 10.9 Å². The second kappa shape index (κ2) is 5.69. The Kier molecular flexibility index (Phi) is 4.54. The van der Waals surface area contributed by atoms with Gasteiger partial charge < -0.3 is 5.73 Å². The van der Waals surface area contributed by atoms with E-state index < -0.39 is 0 Å². The first-order valence-electron chi connectivity index (χ1n) is 4.27. The summed E-state index contributed by atoms with van der Waals surface area (Å²) >= 11 is 7.09. The molecule has 0 amide bonds. The van der Waals surface area contributed by atoms with E-state index in [1.54, 1.807) is 18.2 Å². The normalized spacial score (nSPS) is 9.20. The van der Waals surface area contributed by atoms with Gasteiger partial charge in [0, 0.05) is 18.2 Å². The molecule has 0 fully saturated rings. The summed E-state index contributed by atoms with van der Waals surface area (Å²) in [5.74, 6) is 6.23. The molecular formula is C11H10ClNOS. The quantitative estimate of drug-likeness (QED) is 0.605. The summed E-state index contributed by atoms with van der Waals surface area (Å²) in [7, 11) is 0. The molecule has 1 rings (SSSR count). The molecule has 1 aromatic rings. The van der Waals surface area contributed by atoms with E-state index in [0.717, 1.165) is 5.56 Å². The zero-order chi connectivity index (χ0) is 11.3. The van der Waals surface area contributed by atoms with Crippen LogP contribution in [0.15, 0.2) is 18.2 Å². The van der Waals surface area contributed by atoms with Crippen LogP contribution in [-0.2, 0) is 4.79 Å². The predicted molar refractivity (Wildman–Crippen MR) is 65.9 cm³/mol. The lowest BCUT2D eigenvalue weighted by molar-refractivity contribution is -0.109. The smallest absolute Gasteiger partial charge is 0.186 e. The molecule has 0 aromatic heterocycles. The van der Waals surface area contributed by atoms with E-state index >= 15 is 0 Å². The van der Waals surface area contributed by atoms with Gasteiger partial charge in [0.1, 0.15) is 0 Å². The predicted octanol–water partition coefficient (Wildman–Crippen LogP) is 2.55. The van der Waals surface area contributed by atoms with Gasteiger partial charge in [0.15, 0.2) is 5.12 Å². The fourth-order valence-corrected chi connectivity index (χ4v) is 1.49. The standard InChI is InChI=1S/C11H10ClNOS/c1-8(14)15-6-2-3-9-4-5-10(13)7-11(9)12/h4-5,7H,6,13H2,1H3. The molecule has 1 aromatic carbocycles. The van der Waals surface area contributed by atoms with Crippen molar-refractivity contribution < 1.29 is 4.79 Å². The van der Waals surface area contributed by atoms with Gasteiger partial charge in [-0.1, -0.05) is 35.2 Å². The highest BCUT2D eigenvalue weighted by atomic mass is 35.5. The van der Waals surface area contributed by atoms with Crippen LogP contribution < -0.4 is 5.73 Å². The molecular weight excluding hydrogens is 230 g/mol. The van der Waals surface area contributed by atoms with Crippen molar-refractivity contribution in [2.45, 2.75) is 6.92 Å². The summed E-state index contributed by atoms with van der Waals surface area (Å²) in [6, 6.07) is 5.17. The Labute approximate surface area is 98.2 Å². The first-order valence-corrected chi connectivity index (χ1v) is 5.63. The summed E-state index contributed by atoms with van der Waals surface area (Å²) in [6.45, 7) is 1.52. The summed E-state index contributed by atoms with van der Waals surface area (Å²) in [6.07, 6.45) is 0. The number of carbonyl (C=O) groups excluding carboxylic acids is 1. The molecule has 78 valence electrons. The zero-order valence-corrected chi connectivity index (χ0v) is 9.78. The van der Waals surface area contributed by atoms with Crippen molar-refractivity contribution in [2.24, 2.45) is 0 Å². The highest BCUT2D eigenvalue weighted by molar-refractivity contribution is 8.13. The molecule has 15 heavy (non-hydrogen) atoms. The molecule has 0 saturated heterocycles. The van der Waals surface area contributed by atoms with E-state index in [-0.39, 0.29) is 5.12 Å².